The average Bonchev–Trinajstić information content (AvgIpc) is 2.18. The van der Waals surface area contributed by atoms with Crippen LogP contribution in [-0.2, 0) is 9.53 Å². The fraction of sp³-hybridized carbons (Fsp3) is 0.429. The van der Waals surface area contributed by atoms with Crippen LogP contribution in [0.25, 0.3) is 0 Å². The fourth-order valence-electron chi connectivity index (χ4n) is 0.736. The second-order valence-electron chi connectivity index (χ2n) is 4.41. The van der Waals surface area contributed by atoms with E-state index in [-0.39, 0.29) is 5.97 Å². The SMILES string of the molecule is CC(=O)OCCC=C=CC#CC#C[Si](C)(C)C. The van der Waals surface area contributed by atoms with E-state index in [1.54, 1.807) is 12.2 Å². The first kappa shape index (κ1) is 15.3. The van der Waals surface area contributed by atoms with E-state index in [4.69, 9.17) is 4.74 Å². The van der Waals surface area contributed by atoms with Crippen molar-refractivity contribution in [1.82, 2.24) is 0 Å². The Morgan fingerprint density at radius 2 is 2.00 bits per heavy atom. The molecule has 0 amide bonds. The van der Waals surface area contributed by atoms with Gasteiger partial charge >= 0.3 is 5.97 Å². The second-order valence-corrected chi connectivity index (χ2v) is 9.16. The van der Waals surface area contributed by atoms with E-state index in [1.165, 1.54) is 6.92 Å². The van der Waals surface area contributed by atoms with E-state index in [0.717, 1.165) is 0 Å². The van der Waals surface area contributed by atoms with Crippen molar-refractivity contribution in [2.45, 2.75) is 33.0 Å². The number of rotatable bonds is 3. The molecule has 0 unspecified atom stereocenters. The van der Waals surface area contributed by atoms with Gasteiger partial charge in [0, 0.05) is 19.4 Å². The lowest BCUT2D eigenvalue weighted by atomic mass is 10.4. The van der Waals surface area contributed by atoms with Crippen LogP contribution in [0.1, 0.15) is 13.3 Å². The molecule has 0 aliphatic heterocycles. The Bertz CT molecular complexity index is 427. The van der Waals surface area contributed by atoms with Crippen molar-refractivity contribution in [3.05, 3.63) is 17.9 Å². The van der Waals surface area contributed by atoms with Crippen LogP contribution >= 0.6 is 0 Å². The molecule has 0 atom stereocenters. The second kappa shape index (κ2) is 8.48. The van der Waals surface area contributed by atoms with E-state index in [9.17, 15) is 4.79 Å². The summed E-state index contributed by atoms with van der Waals surface area (Å²) in [5.41, 5.74) is 6.03. The monoisotopic (exact) mass is 246 g/mol. The Hall–Kier alpha value is -1.67. The number of esters is 1. The predicted octanol–water partition coefficient (Wildman–Crippen LogP) is 2.54. The summed E-state index contributed by atoms with van der Waals surface area (Å²) in [6, 6.07) is 0. The van der Waals surface area contributed by atoms with Crippen molar-refractivity contribution in [1.29, 1.82) is 0 Å². The zero-order valence-corrected chi connectivity index (χ0v) is 11.9. The molecule has 2 nitrogen and oxygen atoms in total. The summed E-state index contributed by atoms with van der Waals surface area (Å²) in [5.74, 6) is 8.11. The number of carbonyl (C=O) groups excluding carboxylic acids is 1. The average molecular weight is 246 g/mol. The Balaban J connectivity index is 3.94. The van der Waals surface area contributed by atoms with Crippen LogP contribution in [-0.4, -0.2) is 20.7 Å². The molecular weight excluding hydrogens is 228 g/mol. The summed E-state index contributed by atoms with van der Waals surface area (Å²) in [6.45, 7) is 8.30. The molecule has 0 heterocycles. The first-order valence-corrected chi connectivity index (χ1v) is 8.97. The van der Waals surface area contributed by atoms with Gasteiger partial charge in [0.05, 0.1) is 6.61 Å². The normalized spacial score (nSPS) is 8.71. The van der Waals surface area contributed by atoms with Gasteiger partial charge in [0.1, 0.15) is 8.07 Å². The van der Waals surface area contributed by atoms with Crippen molar-refractivity contribution in [3.63, 3.8) is 0 Å². The molecule has 0 spiro atoms. The Morgan fingerprint density at radius 3 is 2.59 bits per heavy atom. The molecule has 0 aromatic rings. The Labute approximate surface area is 105 Å². The van der Waals surface area contributed by atoms with Crippen molar-refractivity contribution < 1.29 is 9.53 Å². The molecular formula is C14H18O2Si. The quantitative estimate of drug-likeness (QED) is 0.251. The third-order valence-electron chi connectivity index (χ3n) is 1.41. The third-order valence-corrected chi connectivity index (χ3v) is 2.29. The maximum absolute atomic E-state index is 10.4. The summed E-state index contributed by atoms with van der Waals surface area (Å²) in [6.07, 6.45) is 4.05. The van der Waals surface area contributed by atoms with Gasteiger partial charge in [0.15, 0.2) is 0 Å². The van der Waals surface area contributed by atoms with E-state index < -0.39 is 8.07 Å². The summed E-state index contributed by atoms with van der Waals surface area (Å²) in [5, 5.41) is 0. The first-order chi connectivity index (χ1) is 7.92. The number of carbonyl (C=O) groups is 1. The molecule has 0 aliphatic rings. The maximum atomic E-state index is 10.4. The highest BCUT2D eigenvalue weighted by Crippen LogP contribution is 1.95. The molecule has 90 valence electrons. The summed E-state index contributed by atoms with van der Waals surface area (Å²) in [4.78, 5) is 10.4. The molecule has 3 heteroatoms. The first-order valence-electron chi connectivity index (χ1n) is 5.47. The van der Waals surface area contributed by atoms with Crippen molar-refractivity contribution in [2.24, 2.45) is 0 Å². The summed E-state index contributed by atoms with van der Waals surface area (Å²) >= 11 is 0. The molecule has 0 saturated heterocycles. The lowest BCUT2D eigenvalue weighted by Crippen LogP contribution is -2.16. The standard InChI is InChI=1S/C14H18O2Si/c1-14(15)16-12-10-8-6-5-7-9-11-13-17(2,3)4/h5,8H,10,12H2,1-4H3. The largest absolute Gasteiger partial charge is 0.466 e. The zero-order valence-electron chi connectivity index (χ0n) is 10.9. The van der Waals surface area contributed by atoms with Gasteiger partial charge in [-0.2, -0.15) is 0 Å². The predicted molar refractivity (Wildman–Crippen MR) is 72.8 cm³/mol. The van der Waals surface area contributed by atoms with Gasteiger partial charge in [-0.05, 0) is 17.9 Å². The minimum Gasteiger partial charge on any atom is -0.466 e. The van der Waals surface area contributed by atoms with Gasteiger partial charge in [-0.1, -0.05) is 25.6 Å². The number of hydrogen-bond donors (Lipinski definition) is 0. The minimum absolute atomic E-state index is 0.260. The van der Waals surface area contributed by atoms with E-state index in [2.05, 4.69) is 48.7 Å². The topological polar surface area (TPSA) is 26.3 Å². The lowest BCUT2D eigenvalue weighted by Gasteiger charge is -2.01. The zero-order chi connectivity index (χ0) is 13.1. The van der Waals surface area contributed by atoms with Crippen LogP contribution in [0.5, 0.6) is 0 Å². The highest BCUT2D eigenvalue weighted by molar-refractivity contribution is 6.83. The van der Waals surface area contributed by atoms with Gasteiger partial charge in [-0.25, -0.2) is 0 Å². The molecule has 0 rings (SSSR count). The van der Waals surface area contributed by atoms with Gasteiger partial charge in [0.2, 0.25) is 0 Å². The molecule has 17 heavy (non-hydrogen) atoms. The van der Waals surface area contributed by atoms with Crippen LogP contribution in [0.4, 0.5) is 0 Å². The van der Waals surface area contributed by atoms with Gasteiger partial charge in [0.25, 0.3) is 0 Å². The van der Waals surface area contributed by atoms with Gasteiger partial charge < -0.3 is 4.74 Å². The van der Waals surface area contributed by atoms with Crippen molar-refractivity contribution in [3.8, 4) is 23.3 Å². The van der Waals surface area contributed by atoms with Crippen LogP contribution in [0.15, 0.2) is 17.9 Å². The molecule has 0 aromatic carbocycles. The molecule has 0 aromatic heterocycles. The van der Waals surface area contributed by atoms with E-state index in [1.807, 2.05) is 0 Å². The van der Waals surface area contributed by atoms with Crippen molar-refractivity contribution in [2.75, 3.05) is 6.61 Å². The molecule has 0 saturated carbocycles. The molecule has 0 radical (unpaired) electrons. The van der Waals surface area contributed by atoms with Crippen LogP contribution in [0, 0.1) is 23.3 Å². The Kier molecular flexibility index (Phi) is 7.64. The Morgan fingerprint density at radius 1 is 1.29 bits per heavy atom. The highest BCUT2D eigenvalue weighted by atomic mass is 28.3. The fourth-order valence-corrected chi connectivity index (χ4v) is 1.17. The minimum atomic E-state index is -1.31. The molecule has 0 bridgehead atoms. The molecule has 0 fully saturated rings. The van der Waals surface area contributed by atoms with E-state index in [0.29, 0.717) is 13.0 Å². The van der Waals surface area contributed by atoms with Crippen LogP contribution in [0.2, 0.25) is 19.6 Å². The highest BCUT2D eigenvalue weighted by Gasteiger charge is 2.06. The van der Waals surface area contributed by atoms with Gasteiger partial charge in [-0.15, -0.1) is 11.3 Å². The summed E-state index contributed by atoms with van der Waals surface area (Å²) in [7, 11) is -1.31. The number of ether oxygens (including phenoxy) is 1. The van der Waals surface area contributed by atoms with Crippen LogP contribution in [0.3, 0.4) is 0 Å². The smallest absolute Gasteiger partial charge is 0.302 e. The van der Waals surface area contributed by atoms with Crippen molar-refractivity contribution >= 4 is 14.0 Å². The maximum Gasteiger partial charge on any atom is 0.302 e. The summed E-state index contributed by atoms with van der Waals surface area (Å²) < 4.78 is 4.75. The van der Waals surface area contributed by atoms with Gasteiger partial charge in [-0.3, -0.25) is 4.79 Å². The molecule has 0 aliphatic carbocycles. The lowest BCUT2D eigenvalue weighted by molar-refractivity contribution is -0.140. The van der Waals surface area contributed by atoms with E-state index >= 15 is 0 Å². The molecule has 0 N–H and O–H groups in total. The third kappa shape index (κ3) is 14.3. The van der Waals surface area contributed by atoms with Crippen LogP contribution < -0.4 is 0 Å². The number of hydrogen-bond acceptors (Lipinski definition) is 2.